The third-order valence-electron chi connectivity index (χ3n) is 5.91. The molecule has 0 saturated carbocycles. The van der Waals surface area contributed by atoms with Gasteiger partial charge in [0.25, 0.3) is 5.91 Å². The summed E-state index contributed by atoms with van der Waals surface area (Å²) in [6.07, 6.45) is 1.01. The van der Waals surface area contributed by atoms with Crippen LogP contribution in [0.25, 0.3) is 0 Å². The van der Waals surface area contributed by atoms with Crippen molar-refractivity contribution >= 4 is 11.6 Å². The van der Waals surface area contributed by atoms with Gasteiger partial charge in [-0.3, -0.25) is 4.79 Å². The van der Waals surface area contributed by atoms with Crippen molar-refractivity contribution < 1.29 is 14.8 Å². The van der Waals surface area contributed by atoms with Crippen LogP contribution < -0.4 is 15.1 Å². The number of phenolic OH excluding ortho intramolecular Hbond substituents is 1. The highest BCUT2D eigenvalue weighted by Crippen LogP contribution is 2.19. The Bertz CT molecular complexity index is 740. The second-order valence-corrected chi connectivity index (χ2v) is 7.64. The molecule has 2 aromatic carbocycles. The zero-order valence-corrected chi connectivity index (χ0v) is 16.9. The zero-order chi connectivity index (χ0) is 19.9. The van der Waals surface area contributed by atoms with Crippen LogP contribution in [0.1, 0.15) is 31.7 Å². The number of nitrogens with one attached hydrogen (secondary N) is 2. The van der Waals surface area contributed by atoms with Crippen LogP contribution in [0.2, 0.25) is 0 Å². The van der Waals surface area contributed by atoms with Gasteiger partial charge in [-0.2, -0.15) is 0 Å². The van der Waals surface area contributed by atoms with E-state index in [9.17, 15) is 9.90 Å². The van der Waals surface area contributed by atoms with Crippen molar-refractivity contribution in [2.45, 2.75) is 32.2 Å². The molecule has 5 heteroatoms. The maximum atomic E-state index is 12.7. The molecule has 1 saturated heterocycles. The first-order chi connectivity index (χ1) is 13.6. The summed E-state index contributed by atoms with van der Waals surface area (Å²) in [6.45, 7) is 8.59. The van der Waals surface area contributed by atoms with Gasteiger partial charge in [-0.25, -0.2) is 0 Å². The monoisotopic (exact) mass is 382 g/mol. The molecular weight excluding hydrogens is 350 g/mol. The third-order valence-corrected chi connectivity index (χ3v) is 5.91. The molecule has 0 bridgehead atoms. The Balaban J connectivity index is 1.48. The lowest BCUT2D eigenvalue weighted by Crippen LogP contribution is -3.19. The zero-order valence-electron chi connectivity index (χ0n) is 16.9. The molecule has 1 amide bonds. The predicted molar refractivity (Wildman–Crippen MR) is 113 cm³/mol. The van der Waals surface area contributed by atoms with Gasteiger partial charge >= 0.3 is 0 Å². The second-order valence-electron chi connectivity index (χ2n) is 7.64. The molecule has 1 fully saturated rings. The number of carbonyl (C=O) groups is 1. The van der Waals surface area contributed by atoms with E-state index in [-0.39, 0.29) is 11.9 Å². The molecule has 0 unspecified atom stereocenters. The van der Waals surface area contributed by atoms with Gasteiger partial charge in [0.2, 0.25) is 0 Å². The summed E-state index contributed by atoms with van der Waals surface area (Å²) >= 11 is 0. The van der Waals surface area contributed by atoms with E-state index in [0.29, 0.717) is 18.2 Å². The van der Waals surface area contributed by atoms with Crippen LogP contribution in [0.3, 0.4) is 0 Å². The Labute approximate surface area is 168 Å². The predicted octanol–water partition coefficient (Wildman–Crippen LogP) is 1.80. The van der Waals surface area contributed by atoms with Crippen LogP contribution in [0.5, 0.6) is 5.75 Å². The number of phenols is 1. The number of amides is 1. The van der Waals surface area contributed by atoms with Gasteiger partial charge in [0.1, 0.15) is 5.75 Å². The fourth-order valence-electron chi connectivity index (χ4n) is 3.93. The van der Waals surface area contributed by atoms with Crippen molar-refractivity contribution in [3.8, 4) is 5.75 Å². The Morgan fingerprint density at radius 2 is 1.75 bits per heavy atom. The Hall–Kier alpha value is -2.53. The highest BCUT2D eigenvalue weighted by molar-refractivity contribution is 5.80. The minimum Gasteiger partial charge on any atom is -0.508 e. The van der Waals surface area contributed by atoms with Crippen molar-refractivity contribution in [1.29, 1.82) is 0 Å². The van der Waals surface area contributed by atoms with E-state index in [2.05, 4.69) is 41.4 Å². The number of nitrogens with zero attached hydrogens (tertiary/aromatic N) is 1. The standard InChI is InChI=1S/C23H31N3O2/c1-3-19(20-7-5-4-6-8-20)17-24-23(28)18(2)25-13-15-26(16-14-25)21-9-11-22(27)12-10-21/h4-12,18-19,27H,3,13-17H2,1-2H3,(H,24,28)/p+1/t18-,19+/m0/s1. The van der Waals surface area contributed by atoms with Gasteiger partial charge in [-0.15, -0.1) is 0 Å². The summed E-state index contributed by atoms with van der Waals surface area (Å²) in [5.74, 6) is 0.792. The molecular formula is C23H32N3O2+. The van der Waals surface area contributed by atoms with Crippen molar-refractivity contribution in [2.75, 3.05) is 37.6 Å². The summed E-state index contributed by atoms with van der Waals surface area (Å²) in [7, 11) is 0. The number of rotatable bonds is 7. The highest BCUT2D eigenvalue weighted by atomic mass is 16.3. The summed E-state index contributed by atoms with van der Waals surface area (Å²) in [6, 6.07) is 17.7. The smallest absolute Gasteiger partial charge is 0.278 e. The molecule has 3 rings (SSSR count). The van der Waals surface area contributed by atoms with E-state index in [4.69, 9.17) is 0 Å². The van der Waals surface area contributed by atoms with Gasteiger partial charge in [-0.1, -0.05) is 37.3 Å². The van der Waals surface area contributed by atoms with E-state index >= 15 is 0 Å². The number of quaternary nitrogens is 1. The van der Waals surface area contributed by atoms with E-state index in [0.717, 1.165) is 38.3 Å². The van der Waals surface area contributed by atoms with Gasteiger partial charge in [0.05, 0.1) is 26.2 Å². The van der Waals surface area contributed by atoms with E-state index in [1.807, 2.05) is 25.1 Å². The first-order valence-corrected chi connectivity index (χ1v) is 10.3. The normalized spacial score (nSPS) is 17.1. The lowest BCUT2D eigenvalue weighted by Gasteiger charge is -2.36. The van der Waals surface area contributed by atoms with Crippen LogP contribution in [0.4, 0.5) is 5.69 Å². The molecule has 28 heavy (non-hydrogen) atoms. The fraction of sp³-hybridized carbons (Fsp3) is 0.435. The lowest BCUT2D eigenvalue weighted by molar-refractivity contribution is -0.914. The Morgan fingerprint density at radius 1 is 1.11 bits per heavy atom. The lowest BCUT2D eigenvalue weighted by atomic mass is 9.96. The van der Waals surface area contributed by atoms with Crippen molar-refractivity contribution in [3.63, 3.8) is 0 Å². The van der Waals surface area contributed by atoms with Gasteiger partial charge in [-0.05, 0) is 43.2 Å². The van der Waals surface area contributed by atoms with Crippen molar-refractivity contribution in [3.05, 3.63) is 60.2 Å². The quantitative estimate of drug-likeness (QED) is 0.684. The van der Waals surface area contributed by atoms with E-state index < -0.39 is 0 Å². The molecule has 5 nitrogen and oxygen atoms in total. The minimum absolute atomic E-state index is 0.0461. The molecule has 3 N–H and O–H groups in total. The van der Waals surface area contributed by atoms with Crippen molar-refractivity contribution in [2.24, 2.45) is 0 Å². The average molecular weight is 383 g/mol. The Morgan fingerprint density at radius 3 is 2.36 bits per heavy atom. The van der Waals surface area contributed by atoms with Crippen LogP contribution in [-0.4, -0.2) is 49.8 Å². The SMILES string of the molecule is CC[C@H](CNC(=O)[C@H](C)[NH+]1CCN(c2ccc(O)cc2)CC1)c1ccccc1. The molecule has 0 spiro atoms. The van der Waals surface area contributed by atoms with Crippen LogP contribution in [-0.2, 0) is 4.79 Å². The topological polar surface area (TPSA) is 57.0 Å². The molecule has 1 aliphatic rings. The third kappa shape index (κ3) is 5.04. The fourth-order valence-corrected chi connectivity index (χ4v) is 3.93. The first kappa shape index (κ1) is 20.2. The summed E-state index contributed by atoms with van der Waals surface area (Å²) in [4.78, 5) is 16.4. The van der Waals surface area contributed by atoms with Gasteiger partial charge in [0, 0.05) is 18.2 Å². The number of hydrogen-bond donors (Lipinski definition) is 3. The number of piperazine rings is 1. The van der Waals surface area contributed by atoms with Crippen LogP contribution in [0.15, 0.2) is 54.6 Å². The van der Waals surface area contributed by atoms with Gasteiger partial charge in [0.15, 0.2) is 6.04 Å². The highest BCUT2D eigenvalue weighted by Gasteiger charge is 2.29. The largest absolute Gasteiger partial charge is 0.508 e. The average Bonchev–Trinajstić information content (AvgIpc) is 2.75. The first-order valence-electron chi connectivity index (χ1n) is 10.3. The van der Waals surface area contributed by atoms with E-state index in [1.54, 1.807) is 12.1 Å². The maximum Gasteiger partial charge on any atom is 0.278 e. The number of benzene rings is 2. The Kier molecular flexibility index (Phi) is 6.93. The second kappa shape index (κ2) is 9.60. The molecule has 1 heterocycles. The molecule has 150 valence electrons. The summed E-state index contributed by atoms with van der Waals surface area (Å²) < 4.78 is 0. The minimum atomic E-state index is -0.0461. The summed E-state index contributed by atoms with van der Waals surface area (Å²) in [5, 5.41) is 12.6. The number of aromatic hydroxyl groups is 1. The number of carbonyl (C=O) groups excluding carboxylic acids is 1. The molecule has 2 aromatic rings. The van der Waals surface area contributed by atoms with Crippen LogP contribution in [0, 0.1) is 0 Å². The molecule has 2 atom stereocenters. The molecule has 0 aliphatic carbocycles. The maximum absolute atomic E-state index is 12.7. The molecule has 1 aliphatic heterocycles. The molecule has 0 aromatic heterocycles. The summed E-state index contributed by atoms with van der Waals surface area (Å²) in [5.41, 5.74) is 2.41. The number of hydrogen-bond acceptors (Lipinski definition) is 3. The van der Waals surface area contributed by atoms with Crippen molar-refractivity contribution in [1.82, 2.24) is 5.32 Å². The van der Waals surface area contributed by atoms with E-state index in [1.165, 1.54) is 10.5 Å². The van der Waals surface area contributed by atoms with Crippen LogP contribution >= 0.6 is 0 Å². The molecule has 0 radical (unpaired) electrons. The van der Waals surface area contributed by atoms with Gasteiger partial charge < -0.3 is 20.2 Å². The number of anilines is 1.